The van der Waals surface area contributed by atoms with Gasteiger partial charge in [-0.3, -0.25) is 4.55 Å². The Balaban J connectivity index is 0.00000180. The van der Waals surface area contributed by atoms with Crippen LogP contribution >= 0.6 is 0 Å². The maximum atomic E-state index is 11.6. The zero-order chi connectivity index (χ0) is 13.3. The minimum absolute atomic E-state index is 0. The van der Waals surface area contributed by atoms with E-state index < -0.39 is 10.1 Å². The summed E-state index contributed by atoms with van der Waals surface area (Å²) in [4.78, 5) is 0.0503. The topological polar surface area (TPSA) is 89.4 Å². The maximum absolute atomic E-state index is 11.6. The zero-order valence-electron chi connectivity index (χ0n) is 11.1. The summed E-state index contributed by atoms with van der Waals surface area (Å²) >= 11 is 0. The quantitative estimate of drug-likeness (QED) is 0.843. The molecule has 0 heterocycles. The molecule has 0 unspecified atom stereocenters. The van der Waals surface area contributed by atoms with E-state index in [9.17, 15) is 13.0 Å². The number of hydrogen-bond acceptors (Lipinski definition) is 3. The van der Waals surface area contributed by atoms with Crippen LogP contribution in [0.3, 0.4) is 0 Å². The first kappa shape index (κ1) is 15.6. The van der Waals surface area contributed by atoms with E-state index in [4.69, 9.17) is 0 Å². The maximum Gasteiger partial charge on any atom is 0.295 e. The van der Waals surface area contributed by atoms with Crippen LogP contribution in [0.1, 0.15) is 19.4 Å². The van der Waals surface area contributed by atoms with Gasteiger partial charge < -0.3 is 6.15 Å². The standard InChI is InChI=1S/C14H16O3S.H3N/c1-10(2)9-12-8-7-11-5-3-4-6-13(11)14(12)18(15,16)17;/h3-8,10H,9H2,1-2H3,(H,15,16,17);1H3. The van der Waals surface area contributed by atoms with Gasteiger partial charge in [0, 0.05) is 5.39 Å². The Kier molecular flexibility index (Phi) is 4.68. The Bertz CT molecular complexity index is 678. The molecule has 2 rings (SSSR count). The fourth-order valence-corrected chi connectivity index (χ4v) is 3.14. The van der Waals surface area contributed by atoms with Crippen molar-refractivity contribution in [2.24, 2.45) is 5.92 Å². The molecule has 0 fully saturated rings. The van der Waals surface area contributed by atoms with Crippen LogP contribution in [-0.2, 0) is 16.5 Å². The zero-order valence-corrected chi connectivity index (χ0v) is 11.9. The Hall–Kier alpha value is -1.43. The summed E-state index contributed by atoms with van der Waals surface area (Å²) in [5, 5.41) is 1.40. The highest BCUT2D eigenvalue weighted by atomic mass is 32.2. The molecule has 0 bridgehead atoms. The van der Waals surface area contributed by atoms with E-state index in [0.717, 1.165) is 5.39 Å². The van der Waals surface area contributed by atoms with Crippen molar-refractivity contribution in [3.05, 3.63) is 42.0 Å². The van der Waals surface area contributed by atoms with E-state index in [1.807, 2.05) is 32.0 Å². The van der Waals surface area contributed by atoms with Crippen LogP contribution in [-0.4, -0.2) is 13.0 Å². The molecule has 2 aromatic carbocycles. The number of hydrogen-bond donors (Lipinski definition) is 2. The smallest absolute Gasteiger partial charge is 0.295 e. The van der Waals surface area contributed by atoms with Crippen LogP contribution in [0.4, 0.5) is 0 Å². The van der Waals surface area contributed by atoms with Crippen molar-refractivity contribution in [1.82, 2.24) is 6.15 Å². The molecule has 0 amide bonds. The van der Waals surface area contributed by atoms with Gasteiger partial charge in [-0.05, 0) is 23.3 Å². The van der Waals surface area contributed by atoms with Crippen LogP contribution in [0.2, 0.25) is 0 Å². The minimum Gasteiger partial charge on any atom is -0.344 e. The van der Waals surface area contributed by atoms with Crippen LogP contribution < -0.4 is 6.15 Å². The van der Waals surface area contributed by atoms with Gasteiger partial charge in [-0.1, -0.05) is 50.2 Å². The van der Waals surface area contributed by atoms with Crippen molar-refractivity contribution in [3.63, 3.8) is 0 Å². The molecule has 0 atom stereocenters. The fourth-order valence-electron chi connectivity index (χ4n) is 2.19. The van der Waals surface area contributed by atoms with E-state index >= 15 is 0 Å². The Morgan fingerprint density at radius 2 is 1.74 bits per heavy atom. The van der Waals surface area contributed by atoms with Crippen molar-refractivity contribution in [3.8, 4) is 0 Å². The summed E-state index contributed by atoms with van der Waals surface area (Å²) in [5.74, 6) is 0.326. The van der Waals surface area contributed by atoms with Gasteiger partial charge in [0.05, 0.1) is 0 Å². The Morgan fingerprint density at radius 1 is 1.11 bits per heavy atom. The van der Waals surface area contributed by atoms with Crippen molar-refractivity contribution < 1.29 is 13.0 Å². The van der Waals surface area contributed by atoms with Crippen LogP contribution in [0, 0.1) is 5.92 Å². The van der Waals surface area contributed by atoms with E-state index in [-0.39, 0.29) is 11.0 Å². The minimum atomic E-state index is -4.21. The molecule has 0 radical (unpaired) electrons. The molecule has 19 heavy (non-hydrogen) atoms. The normalized spacial score (nSPS) is 11.6. The Labute approximate surface area is 113 Å². The second kappa shape index (κ2) is 5.69. The van der Waals surface area contributed by atoms with Gasteiger partial charge in [0.2, 0.25) is 0 Å². The van der Waals surface area contributed by atoms with E-state index in [1.165, 1.54) is 0 Å². The molecule has 0 aliphatic rings. The van der Waals surface area contributed by atoms with Gasteiger partial charge in [-0.2, -0.15) is 8.42 Å². The lowest BCUT2D eigenvalue weighted by atomic mass is 9.99. The first-order chi connectivity index (χ1) is 8.39. The molecule has 5 heteroatoms. The molecule has 4 nitrogen and oxygen atoms in total. The monoisotopic (exact) mass is 281 g/mol. The number of benzene rings is 2. The van der Waals surface area contributed by atoms with Crippen molar-refractivity contribution in [2.45, 2.75) is 25.2 Å². The molecule has 0 saturated heterocycles. The molecule has 104 valence electrons. The lowest BCUT2D eigenvalue weighted by Crippen LogP contribution is -2.06. The summed E-state index contributed by atoms with van der Waals surface area (Å²) in [6, 6.07) is 10.9. The average Bonchev–Trinajstić information content (AvgIpc) is 2.26. The number of fused-ring (bicyclic) bond motifs is 1. The summed E-state index contributed by atoms with van der Waals surface area (Å²) < 4.78 is 32.7. The molecular formula is C14H19NO3S. The summed E-state index contributed by atoms with van der Waals surface area (Å²) in [7, 11) is -4.21. The first-order valence-electron chi connectivity index (χ1n) is 5.87. The van der Waals surface area contributed by atoms with Crippen molar-refractivity contribution >= 4 is 20.9 Å². The van der Waals surface area contributed by atoms with E-state index in [0.29, 0.717) is 23.3 Å². The SMILES string of the molecule is CC(C)Cc1ccc2ccccc2c1S(=O)(=O)O.N. The van der Waals surface area contributed by atoms with Crippen LogP contribution in [0.25, 0.3) is 10.8 Å². The van der Waals surface area contributed by atoms with Gasteiger partial charge in [0.15, 0.2) is 0 Å². The van der Waals surface area contributed by atoms with Crippen LogP contribution in [0.15, 0.2) is 41.3 Å². The predicted molar refractivity (Wildman–Crippen MR) is 77.3 cm³/mol. The second-order valence-corrected chi connectivity index (χ2v) is 6.21. The fraction of sp³-hybridized carbons (Fsp3) is 0.286. The molecule has 2 aromatic rings. The Morgan fingerprint density at radius 3 is 2.32 bits per heavy atom. The third-order valence-electron chi connectivity index (χ3n) is 2.85. The molecule has 0 spiro atoms. The first-order valence-corrected chi connectivity index (χ1v) is 7.31. The lowest BCUT2D eigenvalue weighted by molar-refractivity contribution is 0.482. The lowest BCUT2D eigenvalue weighted by Gasteiger charge is -2.12. The van der Waals surface area contributed by atoms with Crippen molar-refractivity contribution in [2.75, 3.05) is 0 Å². The highest BCUT2D eigenvalue weighted by Gasteiger charge is 2.19. The summed E-state index contributed by atoms with van der Waals surface area (Å²) in [6.07, 6.45) is 0.625. The second-order valence-electron chi connectivity index (χ2n) is 4.85. The van der Waals surface area contributed by atoms with Gasteiger partial charge in [0.25, 0.3) is 10.1 Å². The third kappa shape index (κ3) is 3.32. The predicted octanol–water partition coefficient (Wildman–Crippen LogP) is 3.45. The molecule has 0 aliphatic heterocycles. The highest BCUT2D eigenvalue weighted by molar-refractivity contribution is 7.86. The van der Waals surface area contributed by atoms with Crippen LogP contribution in [0.5, 0.6) is 0 Å². The van der Waals surface area contributed by atoms with E-state index in [1.54, 1.807) is 18.2 Å². The highest BCUT2D eigenvalue weighted by Crippen LogP contribution is 2.28. The molecular weight excluding hydrogens is 262 g/mol. The molecule has 0 aromatic heterocycles. The largest absolute Gasteiger partial charge is 0.344 e. The summed E-state index contributed by atoms with van der Waals surface area (Å²) in [5.41, 5.74) is 0.672. The third-order valence-corrected chi connectivity index (χ3v) is 3.85. The molecule has 4 N–H and O–H groups in total. The van der Waals surface area contributed by atoms with Gasteiger partial charge in [-0.25, -0.2) is 0 Å². The van der Waals surface area contributed by atoms with Gasteiger partial charge >= 0.3 is 0 Å². The van der Waals surface area contributed by atoms with Gasteiger partial charge in [-0.15, -0.1) is 0 Å². The number of rotatable bonds is 3. The molecule has 0 aliphatic carbocycles. The molecule has 0 saturated carbocycles. The summed E-state index contributed by atoms with van der Waals surface area (Å²) in [6.45, 7) is 4.03. The van der Waals surface area contributed by atoms with Crippen molar-refractivity contribution in [1.29, 1.82) is 0 Å². The van der Waals surface area contributed by atoms with Gasteiger partial charge in [0.1, 0.15) is 4.90 Å². The average molecular weight is 281 g/mol. The van der Waals surface area contributed by atoms with E-state index in [2.05, 4.69) is 0 Å².